The summed E-state index contributed by atoms with van der Waals surface area (Å²) in [7, 11) is 0. The fourth-order valence-electron chi connectivity index (χ4n) is 8.97. The van der Waals surface area contributed by atoms with E-state index in [0.717, 1.165) is 93.4 Å². The molecule has 8 aromatic carbocycles. The van der Waals surface area contributed by atoms with Gasteiger partial charge in [-0.2, -0.15) is 0 Å². The predicted molar refractivity (Wildman–Crippen MR) is 234 cm³/mol. The lowest BCUT2D eigenvalue weighted by atomic mass is 10.0. The van der Waals surface area contributed by atoms with Gasteiger partial charge in [-0.3, -0.25) is 13.9 Å². The average Bonchev–Trinajstić information content (AvgIpc) is 3.80. The molecule has 12 aromatic rings. The number of aromatic nitrogens is 5. The molecule has 6 heteroatoms. The zero-order valence-corrected chi connectivity index (χ0v) is 30.5. The summed E-state index contributed by atoms with van der Waals surface area (Å²) in [6.45, 7) is 0. The molecule has 0 unspecified atom stereocenters. The summed E-state index contributed by atoms with van der Waals surface area (Å²) in [4.78, 5) is 26.1. The highest BCUT2D eigenvalue weighted by atomic mass is 16.1. The Morgan fingerprint density at radius 2 is 0.965 bits per heavy atom. The van der Waals surface area contributed by atoms with Crippen molar-refractivity contribution >= 4 is 76.2 Å². The molecule has 0 saturated heterocycles. The molecule has 0 aliphatic rings. The van der Waals surface area contributed by atoms with E-state index in [1.807, 2.05) is 71.3 Å². The average molecular weight is 730 g/mol. The molecule has 266 valence electrons. The highest BCUT2D eigenvalue weighted by Crippen LogP contribution is 2.41. The third kappa shape index (κ3) is 4.55. The smallest absolute Gasteiger partial charge is 0.265 e. The molecule has 0 amide bonds. The fraction of sp³-hybridized carbons (Fsp3) is 0. The monoisotopic (exact) mass is 729 g/mol. The lowest BCUT2D eigenvalue weighted by Gasteiger charge is -2.16. The van der Waals surface area contributed by atoms with E-state index >= 15 is 4.79 Å². The zero-order chi connectivity index (χ0) is 37.6. The molecule has 0 radical (unpaired) electrons. The van der Waals surface area contributed by atoms with Gasteiger partial charge in [0.05, 0.1) is 44.2 Å². The minimum atomic E-state index is -0.0728. The maximum Gasteiger partial charge on any atom is 0.265 e. The Hall–Kier alpha value is -7.83. The Labute approximate surface area is 325 Å². The number of benzene rings is 8. The van der Waals surface area contributed by atoms with Gasteiger partial charge < -0.3 is 4.57 Å². The summed E-state index contributed by atoms with van der Waals surface area (Å²) in [5.41, 5.74) is 9.04. The molecular formula is C51H31N5O. The normalized spacial score (nSPS) is 11.9. The number of hydrogen-bond acceptors (Lipinski definition) is 3. The van der Waals surface area contributed by atoms with Crippen LogP contribution in [0.15, 0.2) is 193 Å². The second kappa shape index (κ2) is 12.1. The Morgan fingerprint density at radius 3 is 1.70 bits per heavy atom. The van der Waals surface area contributed by atoms with Gasteiger partial charge in [0.15, 0.2) is 0 Å². The Kier molecular flexibility index (Phi) is 6.68. The van der Waals surface area contributed by atoms with Crippen LogP contribution in [-0.2, 0) is 0 Å². The third-order valence-electron chi connectivity index (χ3n) is 11.4. The van der Waals surface area contributed by atoms with Gasteiger partial charge in [0.1, 0.15) is 0 Å². The molecule has 6 nitrogen and oxygen atoms in total. The van der Waals surface area contributed by atoms with Crippen molar-refractivity contribution in [3.05, 3.63) is 198 Å². The summed E-state index contributed by atoms with van der Waals surface area (Å²) < 4.78 is 6.30. The SMILES string of the molecule is O=c1c2c3ccccc3n(-c3ccccc3)c2c2cc3c4ccccc4n(-c4nc(-c5ccccc5)c5ccc6ccccc6c5n4)c3cc2n1-c1ccccc1. The van der Waals surface area contributed by atoms with E-state index in [2.05, 4.69) is 130 Å². The molecular weight excluding hydrogens is 699 g/mol. The van der Waals surface area contributed by atoms with E-state index in [-0.39, 0.29) is 5.56 Å². The van der Waals surface area contributed by atoms with Crippen LogP contribution in [0.25, 0.3) is 105 Å². The number of nitrogens with zero attached hydrogens (tertiary/aromatic N) is 5. The fourth-order valence-corrected chi connectivity index (χ4v) is 8.97. The molecule has 0 aliphatic heterocycles. The zero-order valence-electron chi connectivity index (χ0n) is 30.5. The largest absolute Gasteiger partial charge is 0.308 e. The summed E-state index contributed by atoms with van der Waals surface area (Å²) in [6, 6.07) is 64.5. The Balaban J connectivity index is 1.29. The van der Waals surface area contributed by atoms with Crippen molar-refractivity contribution in [3.63, 3.8) is 0 Å². The Bertz CT molecular complexity index is 3640. The van der Waals surface area contributed by atoms with Crippen LogP contribution in [-0.4, -0.2) is 23.7 Å². The van der Waals surface area contributed by atoms with Crippen molar-refractivity contribution in [3.8, 4) is 28.6 Å². The maximum absolute atomic E-state index is 15.3. The van der Waals surface area contributed by atoms with E-state index in [9.17, 15) is 0 Å². The number of pyridine rings is 1. The molecule has 0 aliphatic carbocycles. The molecule has 4 aromatic heterocycles. The first-order valence-electron chi connectivity index (χ1n) is 19.1. The van der Waals surface area contributed by atoms with Crippen molar-refractivity contribution in [1.82, 2.24) is 23.7 Å². The first-order chi connectivity index (χ1) is 28.2. The minimum Gasteiger partial charge on any atom is -0.308 e. The number of hydrogen-bond donors (Lipinski definition) is 0. The Morgan fingerprint density at radius 1 is 0.386 bits per heavy atom. The summed E-state index contributed by atoms with van der Waals surface area (Å²) >= 11 is 0. The molecule has 0 N–H and O–H groups in total. The van der Waals surface area contributed by atoms with Crippen molar-refractivity contribution in [2.24, 2.45) is 0 Å². The van der Waals surface area contributed by atoms with Crippen LogP contribution in [0.2, 0.25) is 0 Å². The summed E-state index contributed by atoms with van der Waals surface area (Å²) in [5.74, 6) is 0.566. The lowest BCUT2D eigenvalue weighted by molar-refractivity contribution is 1.01. The van der Waals surface area contributed by atoms with Crippen LogP contribution in [0.5, 0.6) is 0 Å². The topological polar surface area (TPSA) is 57.6 Å². The van der Waals surface area contributed by atoms with Gasteiger partial charge in [0.25, 0.3) is 5.56 Å². The van der Waals surface area contributed by atoms with Crippen LogP contribution in [0, 0.1) is 0 Å². The quantitative estimate of drug-likeness (QED) is 0.170. The van der Waals surface area contributed by atoms with Crippen molar-refractivity contribution in [2.45, 2.75) is 0 Å². The van der Waals surface area contributed by atoms with Gasteiger partial charge in [-0.1, -0.05) is 133 Å². The highest BCUT2D eigenvalue weighted by molar-refractivity contribution is 6.22. The number of para-hydroxylation sites is 4. The molecule has 57 heavy (non-hydrogen) atoms. The van der Waals surface area contributed by atoms with Gasteiger partial charge in [-0.05, 0) is 60.0 Å². The second-order valence-electron chi connectivity index (χ2n) is 14.5. The molecule has 0 bridgehead atoms. The van der Waals surface area contributed by atoms with Crippen LogP contribution >= 0.6 is 0 Å². The molecule has 12 rings (SSSR count). The lowest BCUT2D eigenvalue weighted by Crippen LogP contribution is -2.19. The third-order valence-corrected chi connectivity index (χ3v) is 11.4. The van der Waals surface area contributed by atoms with E-state index < -0.39 is 0 Å². The first-order valence-corrected chi connectivity index (χ1v) is 19.1. The van der Waals surface area contributed by atoms with Gasteiger partial charge in [0.2, 0.25) is 5.95 Å². The maximum atomic E-state index is 15.3. The van der Waals surface area contributed by atoms with Gasteiger partial charge >= 0.3 is 0 Å². The molecule has 0 atom stereocenters. The van der Waals surface area contributed by atoms with Gasteiger partial charge in [-0.25, -0.2) is 9.97 Å². The molecule has 0 fully saturated rings. The summed E-state index contributed by atoms with van der Waals surface area (Å²) in [5, 5.41) is 7.87. The predicted octanol–water partition coefficient (Wildman–Crippen LogP) is 11.9. The van der Waals surface area contributed by atoms with E-state index in [1.165, 1.54) is 0 Å². The van der Waals surface area contributed by atoms with Crippen LogP contribution in [0.3, 0.4) is 0 Å². The minimum absolute atomic E-state index is 0.0728. The second-order valence-corrected chi connectivity index (χ2v) is 14.5. The van der Waals surface area contributed by atoms with E-state index in [1.54, 1.807) is 0 Å². The van der Waals surface area contributed by atoms with E-state index in [4.69, 9.17) is 9.97 Å². The van der Waals surface area contributed by atoms with Crippen LogP contribution in [0.1, 0.15) is 0 Å². The number of fused-ring (bicyclic) bond motifs is 11. The highest BCUT2D eigenvalue weighted by Gasteiger charge is 2.25. The van der Waals surface area contributed by atoms with Crippen molar-refractivity contribution in [1.29, 1.82) is 0 Å². The van der Waals surface area contributed by atoms with Crippen molar-refractivity contribution in [2.75, 3.05) is 0 Å². The van der Waals surface area contributed by atoms with Crippen LogP contribution in [0.4, 0.5) is 0 Å². The first kappa shape index (κ1) is 31.5. The molecule has 0 spiro atoms. The van der Waals surface area contributed by atoms with Gasteiger partial charge in [-0.15, -0.1) is 0 Å². The summed E-state index contributed by atoms with van der Waals surface area (Å²) in [6.07, 6.45) is 0. The number of rotatable bonds is 4. The standard InChI is InChI=1S/C51H31N5O/c57-50-46-38-25-13-15-27-43(38)54(34-19-6-2-7-20-34)49(46)41-30-40-37-24-12-14-26-42(37)56(44(40)31-45(41)55(50)35-21-8-3-9-22-35)51-52-47(33-17-4-1-5-18-33)39-29-28-32-16-10-11-23-36(32)48(39)53-51/h1-31H. The van der Waals surface area contributed by atoms with Crippen LogP contribution < -0.4 is 5.56 Å². The van der Waals surface area contributed by atoms with E-state index in [0.29, 0.717) is 11.3 Å². The van der Waals surface area contributed by atoms with Crippen molar-refractivity contribution < 1.29 is 0 Å². The molecule has 0 saturated carbocycles. The molecule has 4 heterocycles. The van der Waals surface area contributed by atoms with Gasteiger partial charge in [0, 0.05) is 49.3 Å².